The Bertz CT molecular complexity index is 1220. The lowest BCUT2D eigenvalue weighted by atomic mass is 10.0. The number of carbonyl (C=O) groups excluding carboxylic acids is 1. The summed E-state index contributed by atoms with van der Waals surface area (Å²) in [6, 6.07) is 15.0. The molecule has 2 N–H and O–H groups in total. The fourth-order valence-corrected chi connectivity index (χ4v) is 3.25. The van der Waals surface area contributed by atoms with Crippen LogP contribution in [0.3, 0.4) is 0 Å². The van der Waals surface area contributed by atoms with Crippen molar-refractivity contribution in [1.82, 2.24) is 20.0 Å². The van der Waals surface area contributed by atoms with Crippen molar-refractivity contribution in [2.45, 2.75) is 20.4 Å². The van der Waals surface area contributed by atoms with Crippen molar-refractivity contribution in [2.24, 2.45) is 0 Å². The molecule has 0 unspecified atom stereocenters. The number of nitrogens with zero attached hydrogens (tertiary/aromatic N) is 3. The molecule has 140 valence electrons. The number of fused-ring (bicyclic) bond motifs is 1. The largest absolute Gasteiger partial charge is 0.350 e. The Morgan fingerprint density at radius 2 is 1.93 bits per heavy atom. The maximum Gasteiger partial charge on any atom is 0.291 e. The van der Waals surface area contributed by atoms with Crippen molar-refractivity contribution in [3.63, 3.8) is 0 Å². The maximum absolute atomic E-state index is 13.0. The Labute approximate surface area is 161 Å². The van der Waals surface area contributed by atoms with E-state index in [-0.39, 0.29) is 22.6 Å². The molecule has 0 saturated heterocycles. The number of aryl methyl sites for hydroxylation is 1. The third kappa shape index (κ3) is 2.96. The number of H-pyrrole nitrogens is 1. The Morgan fingerprint density at radius 3 is 2.64 bits per heavy atom. The second kappa shape index (κ2) is 7.11. The van der Waals surface area contributed by atoms with Gasteiger partial charge >= 0.3 is 0 Å². The zero-order chi connectivity index (χ0) is 19.7. The molecule has 0 aliphatic rings. The summed E-state index contributed by atoms with van der Waals surface area (Å²) in [6.07, 6.45) is 1.68. The van der Waals surface area contributed by atoms with E-state index in [9.17, 15) is 9.59 Å². The molecule has 0 radical (unpaired) electrons. The molecule has 2 heterocycles. The lowest BCUT2D eigenvalue weighted by Gasteiger charge is -2.16. The third-order valence-corrected chi connectivity index (χ3v) is 4.60. The zero-order valence-corrected chi connectivity index (χ0v) is 15.6. The number of hydrogen-bond donors (Lipinski definition) is 2. The number of anilines is 2. The van der Waals surface area contributed by atoms with E-state index < -0.39 is 0 Å². The summed E-state index contributed by atoms with van der Waals surface area (Å²) < 4.78 is 1.37. The van der Waals surface area contributed by atoms with E-state index in [2.05, 4.69) is 20.6 Å². The first-order valence-electron chi connectivity index (χ1n) is 9.00. The molecule has 0 fully saturated rings. The van der Waals surface area contributed by atoms with Crippen LogP contribution < -0.4 is 10.9 Å². The Kier molecular flexibility index (Phi) is 4.49. The van der Waals surface area contributed by atoms with Crippen LogP contribution in [-0.4, -0.2) is 25.8 Å². The van der Waals surface area contributed by atoms with E-state index in [1.54, 1.807) is 6.20 Å². The summed E-state index contributed by atoms with van der Waals surface area (Å²) in [4.78, 5) is 25.6. The number of ketones is 1. The van der Waals surface area contributed by atoms with Gasteiger partial charge in [0.2, 0.25) is 0 Å². The molecule has 7 nitrogen and oxygen atoms in total. The van der Waals surface area contributed by atoms with Crippen LogP contribution in [0, 0.1) is 0 Å². The van der Waals surface area contributed by atoms with E-state index in [0.29, 0.717) is 17.9 Å². The molecular formula is C21H19N5O2. The SMILES string of the molecule is CCn1nc(-c2ccccc2)c(C(C)=O)c(Nc2cccc3[nH]ncc23)c1=O. The highest BCUT2D eigenvalue weighted by Crippen LogP contribution is 2.30. The van der Waals surface area contributed by atoms with Gasteiger partial charge in [0.15, 0.2) is 5.78 Å². The first-order chi connectivity index (χ1) is 13.6. The highest BCUT2D eigenvalue weighted by molar-refractivity contribution is 6.06. The molecule has 0 amide bonds. The first kappa shape index (κ1) is 17.7. The van der Waals surface area contributed by atoms with E-state index in [1.165, 1.54) is 11.6 Å². The zero-order valence-electron chi connectivity index (χ0n) is 15.6. The van der Waals surface area contributed by atoms with Crippen LogP contribution in [0.25, 0.3) is 22.2 Å². The van der Waals surface area contributed by atoms with Gasteiger partial charge in [0.25, 0.3) is 5.56 Å². The monoisotopic (exact) mass is 373 g/mol. The summed E-state index contributed by atoms with van der Waals surface area (Å²) in [5, 5.41) is 15.4. The fraction of sp³-hybridized carbons (Fsp3) is 0.143. The molecule has 4 aromatic rings. The molecule has 0 aliphatic heterocycles. The van der Waals surface area contributed by atoms with Crippen molar-refractivity contribution in [3.8, 4) is 11.3 Å². The molecule has 4 rings (SSSR count). The quantitative estimate of drug-likeness (QED) is 0.520. The van der Waals surface area contributed by atoms with Crippen LogP contribution in [0.5, 0.6) is 0 Å². The smallest absolute Gasteiger partial charge is 0.291 e. The minimum absolute atomic E-state index is 0.219. The second-order valence-corrected chi connectivity index (χ2v) is 6.40. The predicted octanol–water partition coefficient (Wildman–Crippen LogP) is 3.75. The van der Waals surface area contributed by atoms with Crippen LogP contribution in [0.2, 0.25) is 0 Å². The summed E-state index contributed by atoms with van der Waals surface area (Å²) in [6.45, 7) is 3.68. The highest BCUT2D eigenvalue weighted by Gasteiger charge is 2.22. The molecule has 0 atom stereocenters. The average molecular weight is 373 g/mol. The summed E-state index contributed by atoms with van der Waals surface area (Å²) in [5.74, 6) is -0.228. The molecule has 0 spiro atoms. The van der Waals surface area contributed by atoms with Crippen molar-refractivity contribution in [3.05, 3.63) is 70.6 Å². The third-order valence-electron chi connectivity index (χ3n) is 4.60. The van der Waals surface area contributed by atoms with Gasteiger partial charge in [0.05, 0.1) is 17.3 Å². The van der Waals surface area contributed by atoms with Crippen molar-refractivity contribution < 1.29 is 4.79 Å². The minimum atomic E-state index is -0.340. The molecule has 28 heavy (non-hydrogen) atoms. The Balaban J connectivity index is 1.99. The summed E-state index contributed by atoms with van der Waals surface area (Å²) in [5.41, 5.74) is 2.95. The van der Waals surface area contributed by atoms with Crippen LogP contribution in [-0.2, 0) is 6.54 Å². The van der Waals surface area contributed by atoms with Crippen LogP contribution >= 0.6 is 0 Å². The van der Waals surface area contributed by atoms with Crippen LogP contribution in [0.4, 0.5) is 11.4 Å². The fourth-order valence-electron chi connectivity index (χ4n) is 3.25. The second-order valence-electron chi connectivity index (χ2n) is 6.40. The van der Waals surface area contributed by atoms with E-state index in [4.69, 9.17) is 0 Å². The van der Waals surface area contributed by atoms with E-state index in [1.807, 2.05) is 55.5 Å². The molecule has 7 heteroatoms. The molecule has 0 bridgehead atoms. The topological polar surface area (TPSA) is 92.7 Å². The van der Waals surface area contributed by atoms with Gasteiger partial charge < -0.3 is 5.32 Å². The number of hydrogen-bond acceptors (Lipinski definition) is 5. The highest BCUT2D eigenvalue weighted by atomic mass is 16.1. The Hall–Kier alpha value is -3.74. The van der Waals surface area contributed by atoms with Gasteiger partial charge in [0, 0.05) is 23.2 Å². The van der Waals surface area contributed by atoms with Gasteiger partial charge in [-0.15, -0.1) is 0 Å². The van der Waals surface area contributed by atoms with Gasteiger partial charge in [-0.25, -0.2) is 4.68 Å². The van der Waals surface area contributed by atoms with Crippen molar-refractivity contribution in [2.75, 3.05) is 5.32 Å². The average Bonchev–Trinajstić information content (AvgIpc) is 3.19. The lowest BCUT2D eigenvalue weighted by Crippen LogP contribution is -2.28. The lowest BCUT2D eigenvalue weighted by molar-refractivity contribution is 0.101. The van der Waals surface area contributed by atoms with Crippen LogP contribution in [0.15, 0.2) is 59.5 Å². The van der Waals surface area contributed by atoms with E-state index >= 15 is 0 Å². The Morgan fingerprint density at radius 1 is 1.14 bits per heavy atom. The normalized spacial score (nSPS) is 10.9. The van der Waals surface area contributed by atoms with Crippen molar-refractivity contribution in [1.29, 1.82) is 0 Å². The molecule has 0 aliphatic carbocycles. The number of aromatic nitrogens is 4. The number of Topliss-reactive ketones (excluding diaryl/α,β-unsaturated/α-hetero) is 1. The van der Waals surface area contributed by atoms with Gasteiger partial charge in [-0.3, -0.25) is 14.7 Å². The first-order valence-corrected chi connectivity index (χ1v) is 9.00. The van der Waals surface area contributed by atoms with Gasteiger partial charge in [-0.05, 0) is 26.0 Å². The minimum Gasteiger partial charge on any atom is -0.350 e. The summed E-state index contributed by atoms with van der Waals surface area (Å²) in [7, 11) is 0. The van der Waals surface area contributed by atoms with Crippen LogP contribution in [0.1, 0.15) is 24.2 Å². The van der Waals surface area contributed by atoms with Gasteiger partial charge in [-0.1, -0.05) is 36.4 Å². The number of aromatic amines is 1. The predicted molar refractivity (Wildman–Crippen MR) is 109 cm³/mol. The van der Waals surface area contributed by atoms with E-state index in [0.717, 1.165) is 16.5 Å². The molecule has 2 aromatic heterocycles. The number of nitrogens with one attached hydrogen (secondary N) is 2. The molecular weight excluding hydrogens is 354 g/mol. The van der Waals surface area contributed by atoms with Gasteiger partial charge in [0.1, 0.15) is 11.4 Å². The number of carbonyl (C=O) groups is 1. The number of rotatable bonds is 5. The standard InChI is InChI=1S/C21H19N5O2/c1-3-26-21(28)20(23-16-10-7-11-17-15(16)12-22-24-17)18(13(2)27)19(25-26)14-8-5-4-6-9-14/h4-12,23H,3H2,1-2H3,(H,22,24). The number of benzene rings is 2. The van der Waals surface area contributed by atoms with Crippen molar-refractivity contribution >= 4 is 28.1 Å². The maximum atomic E-state index is 13.0. The molecule has 2 aromatic carbocycles. The molecule has 0 saturated carbocycles. The van der Waals surface area contributed by atoms with Gasteiger partial charge in [-0.2, -0.15) is 10.2 Å². The summed E-state index contributed by atoms with van der Waals surface area (Å²) >= 11 is 0.